The summed E-state index contributed by atoms with van der Waals surface area (Å²) in [5.74, 6) is 1.71. The molecule has 238 valence electrons. The Morgan fingerprint density at radius 3 is 1.69 bits per heavy atom. The first-order valence-electron chi connectivity index (χ1n) is 16.9. The lowest BCUT2D eigenvalue weighted by Gasteiger charge is -2.09. The quantitative estimate of drug-likeness (QED) is 0.188. The van der Waals surface area contributed by atoms with Crippen LogP contribution in [0.2, 0.25) is 0 Å². The summed E-state index contributed by atoms with van der Waals surface area (Å²) in [7, 11) is 0. The zero-order chi connectivity index (χ0) is 33.5. The second-order valence-corrected chi connectivity index (χ2v) is 12.7. The van der Waals surface area contributed by atoms with Gasteiger partial charge in [0.2, 0.25) is 0 Å². The minimum atomic E-state index is 0.554. The highest BCUT2D eigenvalue weighted by molar-refractivity contribution is 6.17. The topological polar surface area (TPSA) is 78.1 Å². The Bertz CT molecular complexity index is 3150. The number of rotatable bonds is 4. The fraction of sp³-hybridized carbons (Fsp3) is 0. The highest BCUT2D eigenvalue weighted by Crippen LogP contribution is 2.43. The Morgan fingerprint density at radius 1 is 0.314 bits per heavy atom. The Labute approximate surface area is 290 Å². The van der Waals surface area contributed by atoms with Gasteiger partial charge in [0.05, 0.1) is 0 Å². The zero-order valence-electron chi connectivity index (χ0n) is 27.0. The molecule has 11 aromatic rings. The fourth-order valence-electron chi connectivity index (χ4n) is 7.45. The molecule has 0 saturated heterocycles. The van der Waals surface area contributed by atoms with Crippen molar-refractivity contribution in [1.82, 2.24) is 15.0 Å². The van der Waals surface area contributed by atoms with Crippen molar-refractivity contribution in [2.45, 2.75) is 0 Å². The van der Waals surface area contributed by atoms with E-state index in [0.717, 1.165) is 93.6 Å². The van der Waals surface area contributed by atoms with Gasteiger partial charge in [-0.15, -0.1) is 0 Å². The third-order valence-electron chi connectivity index (χ3n) is 9.76. The van der Waals surface area contributed by atoms with Gasteiger partial charge in [0.1, 0.15) is 33.5 Å². The molecule has 0 amide bonds. The van der Waals surface area contributed by atoms with Crippen molar-refractivity contribution in [2.75, 3.05) is 0 Å². The fourth-order valence-corrected chi connectivity index (χ4v) is 7.45. The van der Waals surface area contributed by atoms with Gasteiger partial charge in [-0.25, -0.2) is 15.0 Å². The minimum Gasteiger partial charge on any atom is -0.456 e. The largest absolute Gasteiger partial charge is 0.456 e. The van der Waals surface area contributed by atoms with Crippen LogP contribution in [0.4, 0.5) is 0 Å². The molecule has 0 spiro atoms. The molecule has 0 fully saturated rings. The third-order valence-corrected chi connectivity index (χ3v) is 9.76. The smallest absolute Gasteiger partial charge is 0.164 e. The molecule has 0 radical (unpaired) electrons. The number of furan rings is 3. The van der Waals surface area contributed by atoms with Gasteiger partial charge >= 0.3 is 0 Å². The van der Waals surface area contributed by atoms with Crippen LogP contribution in [-0.2, 0) is 0 Å². The van der Waals surface area contributed by atoms with Gasteiger partial charge in [0, 0.05) is 54.6 Å². The van der Waals surface area contributed by atoms with Crippen molar-refractivity contribution < 1.29 is 13.3 Å². The molecule has 51 heavy (non-hydrogen) atoms. The molecule has 0 aliphatic rings. The zero-order valence-corrected chi connectivity index (χ0v) is 27.0. The SMILES string of the molecule is c1ccc(-c2nc(-c3ccc4c(c3)oc3cccc(-c5cccc6c5oc5ccccc56)c34)nc(-c3cccc4oc5ccccc5c34)n2)cc1. The van der Waals surface area contributed by atoms with E-state index in [1.165, 1.54) is 0 Å². The number of aromatic nitrogens is 3. The number of hydrogen-bond acceptors (Lipinski definition) is 6. The third kappa shape index (κ3) is 4.26. The Hall–Kier alpha value is -7.05. The van der Waals surface area contributed by atoms with E-state index in [9.17, 15) is 0 Å². The first-order valence-corrected chi connectivity index (χ1v) is 16.9. The normalized spacial score (nSPS) is 11.9. The molecule has 6 nitrogen and oxygen atoms in total. The highest BCUT2D eigenvalue weighted by atomic mass is 16.3. The van der Waals surface area contributed by atoms with Gasteiger partial charge in [-0.2, -0.15) is 0 Å². The van der Waals surface area contributed by atoms with Gasteiger partial charge in [-0.3, -0.25) is 0 Å². The average Bonchev–Trinajstić information content (AvgIpc) is 3.89. The first kappa shape index (κ1) is 27.9. The van der Waals surface area contributed by atoms with Crippen molar-refractivity contribution in [3.05, 3.63) is 152 Å². The van der Waals surface area contributed by atoms with Gasteiger partial charge < -0.3 is 13.3 Å². The molecule has 0 unspecified atom stereocenters. The molecule has 0 saturated carbocycles. The molecule has 0 aliphatic carbocycles. The predicted molar refractivity (Wildman–Crippen MR) is 203 cm³/mol. The van der Waals surface area contributed by atoms with E-state index in [-0.39, 0.29) is 0 Å². The maximum Gasteiger partial charge on any atom is 0.164 e. The van der Waals surface area contributed by atoms with Crippen LogP contribution in [0.1, 0.15) is 0 Å². The monoisotopic (exact) mass is 655 g/mol. The van der Waals surface area contributed by atoms with Gasteiger partial charge in [0.25, 0.3) is 0 Å². The maximum absolute atomic E-state index is 6.56. The van der Waals surface area contributed by atoms with E-state index in [4.69, 9.17) is 28.2 Å². The van der Waals surface area contributed by atoms with Crippen LogP contribution in [0.15, 0.2) is 165 Å². The summed E-state index contributed by atoms with van der Waals surface area (Å²) < 4.78 is 19.2. The van der Waals surface area contributed by atoms with Crippen molar-refractivity contribution >= 4 is 65.8 Å². The van der Waals surface area contributed by atoms with Crippen molar-refractivity contribution in [3.63, 3.8) is 0 Å². The number of para-hydroxylation sites is 3. The summed E-state index contributed by atoms with van der Waals surface area (Å²) in [6.45, 7) is 0. The van der Waals surface area contributed by atoms with Crippen LogP contribution in [0.25, 0.3) is 111 Å². The van der Waals surface area contributed by atoms with Crippen LogP contribution < -0.4 is 0 Å². The molecule has 0 aliphatic heterocycles. The lowest BCUT2D eigenvalue weighted by molar-refractivity contribution is 0.668. The van der Waals surface area contributed by atoms with Crippen LogP contribution in [0.3, 0.4) is 0 Å². The van der Waals surface area contributed by atoms with E-state index in [1.807, 2.05) is 103 Å². The maximum atomic E-state index is 6.56. The van der Waals surface area contributed by atoms with Gasteiger partial charge in [-0.1, -0.05) is 115 Å². The molecule has 4 heterocycles. The highest BCUT2D eigenvalue weighted by Gasteiger charge is 2.20. The van der Waals surface area contributed by atoms with E-state index in [1.54, 1.807) is 0 Å². The van der Waals surface area contributed by atoms with Crippen molar-refractivity contribution in [1.29, 1.82) is 0 Å². The average molecular weight is 656 g/mol. The van der Waals surface area contributed by atoms with Gasteiger partial charge in [-0.05, 0) is 42.0 Å². The molecular formula is C45H25N3O3. The lowest BCUT2D eigenvalue weighted by Crippen LogP contribution is -2.00. The molecule has 0 bridgehead atoms. The summed E-state index contributed by atoms with van der Waals surface area (Å²) >= 11 is 0. The van der Waals surface area contributed by atoms with E-state index < -0.39 is 0 Å². The van der Waals surface area contributed by atoms with Gasteiger partial charge in [0.15, 0.2) is 17.5 Å². The molecule has 4 aromatic heterocycles. The molecule has 7 aromatic carbocycles. The second-order valence-electron chi connectivity index (χ2n) is 12.7. The standard InChI is InChI=1S/C45H25N3O3/c1-2-11-26(12-3-1)43-46-44(48-45(47-43)34-18-10-22-38-41(34)32-14-5-7-20-36(32)49-38)27-23-24-33-39(25-27)50-37-21-9-15-29(40(33)37)31-17-8-16-30-28-13-4-6-19-35(28)51-42(30)31/h1-25H. The van der Waals surface area contributed by atoms with E-state index in [0.29, 0.717) is 17.5 Å². The number of hydrogen-bond donors (Lipinski definition) is 0. The number of benzene rings is 7. The number of nitrogens with zero attached hydrogens (tertiary/aromatic N) is 3. The molecule has 0 N–H and O–H groups in total. The molecule has 6 heteroatoms. The molecular weight excluding hydrogens is 631 g/mol. The van der Waals surface area contributed by atoms with Crippen LogP contribution in [-0.4, -0.2) is 15.0 Å². The predicted octanol–water partition coefficient (Wildman–Crippen LogP) is 12.2. The lowest BCUT2D eigenvalue weighted by atomic mass is 9.97. The Kier molecular flexibility index (Phi) is 5.86. The first-order chi connectivity index (χ1) is 25.3. The molecule has 0 atom stereocenters. The summed E-state index contributed by atoms with van der Waals surface area (Å²) in [5, 5.41) is 6.23. The summed E-state index contributed by atoms with van der Waals surface area (Å²) in [5.41, 5.74) is 9.58. The Balaban J connectivity index is 1.11. The summed E-state index contributed by atoms with van der Waals surface area (Å²) in [4.78, 5) is 15.1. The van der Waals surface area contributed by atoms with Crippen molar-refractivity contribution in [2.24, 2.45) is 0 Å². The summed E-state index contributed by atoms with van der Waals surface area (Å²) in [6, 6.07) is 51.0. The van der Waals surface area contributed by atoms with Crippen LogP contribution >= 0.6 is 0 Å². The van der Waals surface area contributed by atoms with E-state index >= 15 is 0 Å². The van der Waals surface area contributed by atoms with Crippen LogP contribution in [0, 0.1) is 0 Å². The molecule has 11 rings (SSSR count). The minimum absolute atomic E-state index is 0.554. The second kappa shape index (κ2) is 10.7. The Morgan fingerprint density at radius 2 is 0.863 bits per heavy atom. The summed E-state index contributed by atoms with van der Waals surface area (Å²) in [6.07, 6.45) is 0. The number of fused-ring (bicyclic) bond motifs is 9. The van der Waals surface area contributed by atoms with Crippen LogP contribution in [0.5, 0.6) is 0 Å². The van der Waals surface area contributed by atoms with Crippen molar-refractivity contribution in [3.8, 4) is 45.3 Å². The van der Waals surface area contributed by atoms with E-state index in [2.05, 4.69) is 48.5 Å².